The Bertz CT molecular complexity index is 409. The molecule has 0 aliphatic heterocycles. The van der Waals surface area contributed by atoms with Gasteiger partial charge in [-0.3, -0.25) is 9.05 Å². The summed E-state index contributed by atoms with van der Waals surface area (Å²) in [5, 5.41) is 9.65. The number of hydrogen-bond acceptors (Lipinski definition) is 5. The van der Waals surface area contributed by atoms with E-state index in [1.165, 1.54) is 83.5 Å². The third-order valence-corrected chi connectivity index (χ3v) is 6.24. The third-order valence-electron chi connectivity index (χ3n) is 5.26. The second-order valence-corrected chi connectivity index (χ2v) is 10.3. The minimum atomic E-state index is -4.06. The van der Waals surface area contributed by atoms with Gasteiger partial charge in [0.05, 0.1) is 19.3 Å². The quantitative estimate of drug-likeness (QED) is 0.140. The van der Waals surface area contributed by atoms with Crippen LogP contribution in [0.4, 0.5) is 0 Å². The number of likely N-dealkylation sites (N-methyl/N-ethyl adjacent to an activating group) is 1. The van der Waals surface area contributed by atoms with Crippen LogP contribution in [0.2, 0.25) is 0 Å². The molecule has 6 nitrogen and oxygen atoms in total. The summed E-state index contributed by atoms with van der Waals surface area (Å²) in [7, 11) is -0.428. The smallest absolute Gasteiger partial charge is 0.389 e. The van der Waals surface area contributed by atoms with Crippen LogP contribution in [0.15, 0.2) is 0 Å². The Labute approximate surface area is 186 Å². The van der Waals surface area contributed by atoms with Gasteiger partial charge in [0, 0.05) is 6.54 Å². The number of hydrogen-bond donors (Lipinski definition) is 2. The van der Waals surface area contributed by atoms with E-state index in [1.807, 2.05) is 14.1 Å². The fraction of sp³-hybridized carbons (Fsp3) is 1.00. The van der Waals surface area contributed by atoms with Crippen molar-refractivity contribution in [2.24, 2.45) is 0 Å². The zero-order valence-electron chi connectivity index (χ0n) is 20.0. The molecule has 2 N–H and O–H groups in total. The molecule has 0 saturated heterocycles. The van der Waals surface area contributed by atoms with Crippen molar-refractivity contribution in [3.8, 4) is 0 Å². The number of aliphatic hydroxyl groups excluding tert-OH is 1. The van der Waals surface area contributed by atoms with Gasteiger partial charge in [-0.15, -0.1) is 0 Å². The van der Waals surface area contributed by atoms with Gasteiger partial charge < -0.3 is 14.9 Å². The molecule has 0 aromatic carbocycles. The topological polar surface area (TPSA) is 79.2 Å². The zero-order valence-corrected chi connectivity index (χ0v) is 20.9. The van der Waals surface area contributed by atoms with Gasteiger partial charge in [0.25, 0.3) is 0 Å². The largest absolute Gasteiger partial charge is 0.472 e. The molecule has 30 heavy (non-hydrogen) atoms. The molecule has 0 amide bonds. The van der Waals surface area contributed by atoms with Gasteiger partial charge in [-0.25, -0.2) is 4.57 Å². The highest BCUT2D eigenvalue weighted by atomic mass is 31.2. The number of rotatable bonds is 23. The zero-order chi connectivity index (χ0) is 22.5. The van der Waals surface area contributed by atoms with Crippen molar-refractivity contribution in [1.82, 2.24) is 4.90 Å². The number of aliphatic hydroxyl groups is 1. The van der Waals surface area contributed by atoms with Crippen LogP contribution in [0.5, 0.6) is 0 Å². The van der Waals surface area contributed by atoms with Gasteiger partial charge in [0.2, 0.25) is 0 Å². The summed E-state index contributed by atoms with van der Waals surface area (Å²) < 4.78 is 21.6. The fourth-order valence-corrected chi connectivity index (χ4v) is 4.32. The molecule has 0 aliphatic carbocycles. The van der Waals surface area contributed by atoms with Crippen LogP contribution in [0, 0.1) is 0 Å². The van der Waals surface area contributed by atoms with Crippen LogP contribution in [0.3, 0.4) is 0 Å². The summed E-state index contributed by atoms with van der Waals surface area (Å²) >= 11 is 0. The lowest BCUT2D eigenvalue weighted by Gasteiger charge is -2.18. The molecule has 0 saturated carbocycles. The SMILES string of the molecule is CCCCCCCCCCCCCCCCCCOP(=O)(O)OCC(O)CN(C)C. The standard InChI is InChI=1S/C23H50NO5P/c1-4-5-6-7-8-9-10-11-12-13-14-15-16-17-18-19-20-28-30(26,27)29-22-23(25)21-24(2)3/h23,25H,4-22H2,1-3H3,(H,26,27). The highest BCUT2D eigenvalue weighted by Gasteiger charge is 2.22. The Balaban J connectivity index is 3.33. The Hall–Kier alpha value is 0.0300. The maximum Gasteiger partial charge on any atom is 0.472 e. The first-order chi connectivity index (χ1) is 14.4. The maximum atomic E-state index is 11.8. The summed E-state index contributed by atoms with van der Waals surface area (Å²) in [6.45, 7) is 2.66. The Morgan fingerprint density at radius 3 is 1.53 bits per heavy atom. The van der Waals surface area contributed by atoms with E-state index in [0.717, 1.165) is 19.3 Å². The van der Waals surface area contributed by atoms with Gasteiger partial charge in [-0.05, 0) is 20.5 Å². The first kappa shape index (κ1) is 30.0. The highest BCUT2D eigenvalue weighted by Crippen LogP contribution is 2.43. The van der Waals surface area contributed by atoms with Gasteiger partial charge in [-0.2, -0.15) is 0 Å². The lowest BCUT2D eigenvalue weighted by Crippen LogP contribution is -2.29. The molecular formula is C23H50NO5P. The molecule has 0 aliphatic rings. The summed E-state index contributed by atoms with van der Waals surface area (Å²) in [5.74, 6) is 0. The van der Waals surface area contributed by atoms with E-state index >= 15 is 0 Å². The molecule has 182 valence electrons. The average molecular weight is 452 g/mol. The van der Waals surface area contributed by atoms with E-state index in [4.69, 9.17) is 9.05 Å². The van der Waals surface area contributed by atoms with Gasteiger partial charge in [0.15, 0.2) is 0 Å². The van der Waals surface area contributed by atoms with Crippen molar-refractivity contribution in [3.63, 3.8) is 0 Å². The highest BCUT2D eigenvalue weighted by molar-refractivity contribution is 7.47. The number of phosphoric acid groups is 1. The molecule has 0 aromatic rings. The van der Waals surface area contributed by atoms with E-state index in [-0.39, 0.29) is 13.2 Å². The second-order valence-electron chi connectivity index (χ2n) is 8.82. The molecule has 0 radical (unpaired) electrons. The van der Waals surface area contributed by atoms with Crippen LogP contribution in [-0.2, 0) is 13.6 Å². The summed E-state index contributed by atoms with van der Waals surface area (Å²) in [6.07, 6.45) is 19.8. The molecule has 0 rings (SSSR count). The molecular weight excluding hydrogens is 401 g/mol. The molecule has 2 unspecified atom stereocenters. The summed E-state index contributed by atoms with van der Waals surface area (Å²) in [4.78, 5) is 11.4. The average Bonchev–Trinajstić information content (AvgIpc) is 2.68. The predicted molar refractivity (Wildman–Crippen MR) is 126 cm³/mol. The molecule has 0 spiro atoms. The summed E-state index contributed by atoms with van der Waals surface area (Å²) in [6, 6.07) is 0. The number of unbranched alkanes of at least 4 members (excludes halogenated alkanes) is 15. The third kappa shape index (κ3) is 22.7. The van der Waals surface area contributed by atoms with E-state index < -0.39 is 13.9 Å². The minimum absolute atomic E-state index is 0.203. The second kappa shape index (κ2) is 20.9. The maximum absolute atomic E-state index is 11.8. The fourth-order valence-electron chi connectivity index (χ4n) is 3.52. The number of phosphoric ester groups is 1. The predicted octanol–water partition coefficient (Wildman–Crippen LogP) is 6.30. The Morgan fingerprint density at radius 2 is 1.13 bits per heavy atom. The van der Waals surface area contributed by atoms with Crippen LogP contribution >= 0.6 is 7.82 Å². The molecule has 0 fully saturated rings. The van der Waals surface area contributed by atoms with Gasteiger partial charge in [-0.1, -0.05) is 103 Å². The molecule has 2 atom stereocenters. The number of nitrogens with zero attached hydrogens (tertiary/aromatic N) is 1. The first-order valence-electron chi connectivity index (χ1n) is 12.3. The van der Waals surface area contributed by atoms with Gasteiger partial charge in [0.1, 0.15) is 0 Å². The van der Waals surface area contributed by atoms with Crippen LogP contribution < -0.4 is 0 Å². The van der Waals surface area contributed by atoms with Crippen molar-refractivity contribution >= 4 is 7.82 Å². The van der Waals surface area contributed by atoms with Crippen molar-refractivity contribution in [2.75, 3.05) is 33.9 Å². The van der Waals surface area contributed by atoms with Crippen molar-refractivity contribution in [2.45, 2.75) is 116 Å². The van der Waals surface area contributed by atoms with Crippen LogP contribution in [-0.4, -0.2) is 54.9 Å². The molecule has 0 bridgehead atoms. The van der Waals surface area contributed by atoms with Crippen molar-refractivity contribution in [1.29, 1.82) is 0 Å². The lowest BCUT2D eigenvalue weighted by atomic mass is 10.0. The van der Waals surface area contributed by atoms with E-state index in [9.17, 15) is 14.6 Å². The van der Waals surface area contributed by atoms with Gasteiger partial charge >= 0.3 is 7.82 Å². The van der Waals surface area contributed by atoms with E-state index in [0.29, 0.717) is 6.54 Å². The van der Waals surface area contributed by atoms with E-state index in [2.05, 4.69) is 6.92 Å². The monoisotopic (exact) mass is 451 g/mol. The summed E-state index contributed by atoms with van der Waals surface area (Å²) in [5.41, 5.74) is 0. The molecule has 7 heteroatoms. The minimum Gasteiger partial charge on any atom is -0.389 e. The Kier molecular flexibility index (Phi) is 20.9. The normalized spacial score (nSPS) is 14.9. The van der Waals surface area contributed by atoms with Crippen LogP contribution in [0.25, 0.3) is 0 Å². The first-order valence-corrected chi connectivity index (χ1v) is 13.8. The van der Waals surface area contributed by atoms with Crippen molar-refractivity contribution in [3.05, 3.63) is 0 Å². The molecule has 0 heterocycles. The van der Waals surface area contributed by atoms with Crippen LogP contribution in [0.1, 0.15) is 110 Å². The van der Waals surface area contributed by atoms with E-state index in [1.54, 1.807) is 4.90 Å². The lowest BCUT2D eigenvalue weighted by molar-refractivity contribution is 0.0575. The van der Waals surface area contributed by atoms with Crippen molar-refractivity contribution < 1.29 is 23.6 Å². The molecule has 0 aromatic heterocycles. The Morgan fingerprint density at radius 1 is 0.733 bits per heavy atom.